The van der Waals surface area contributed by atoms with E-state index in [1.54, 1.807) is 6.20 Å². The number of carbonyl (C=O) groups is 2. The van der Waals surface area contributed by atoms with Crippen LogP contribution in [0.5, 0.6) is 5.75 Å². The SMILES string of the molecule is NN/C=C(/CCCNC1CCC(=O)NC1=O)NCC(c1ccc(F)c(OCC2CC2)c1)C1CC1. The number of nitrogens with two attached hydrogens (primary N) is 1. The van der Waals surface area contributed by atoms with E-state index < -0.39 is 0 Å². The number of piperidine rings is 1. The van der Waals surface area contributed by atoms with Crippen LogP contribution in [0, 0.1) is 17.7 Å². The Bertz CT molecular complexity index is 901. The Morgan fingerprint density at radius 3 is 2.76 bits per heavy atom. The van der Waals surface area contributed by atoms with Gasteiger partial charge in [-0.25, -0.2) is 4.39 Å². The molecule has 0 spiro atoms. The highest BCUT2D eigenvalue weighted by molar-refractivity contribution is 6.00. The Kier molecular flexibility index (Phi) is 8.39. The molecule has 9 heteroatoms. The molecule has 2 atom stereocenters. The number of hydrogen-bond donors (Lipinski definition) is 5. The summed E-state index contributed by atoms with van der Waals surface area (Å²) in [6.45, 7) is 1.97. The second-order valence-electron chi connectivity index (χ2n) is 9.67. The maximum absolute atomic E-state index is 14.3. The highest BCUT2D eigenvalue weighted by atomic mass is 19.1. The summed E-state index contributed by atoms with van der Waals surface area (Å²) in [6.07, 6.45) is 8.90. The van der Waals surface area contributed by atoms with Crippen LogP contribution in [0.1, 0.15) is 62.8 Å². The van der Waals surface area contributed by atoms with Crippen LogP contribution in [0.3, 0.4) is 0 Å². The predicted octanol–water partition coefficient (Wildman–Crippen LogP) is 2.18. The summed E-state index contributed by atoms with van der Waals surface area (Å²) in [5, 5.41) is 9.11. The molecule has 2 unspecified atom stereocenters. The van der Waals surface area contributed by atoms with Gasteiger partial charge in [0.1, 0.15) is 0 Å². The molecule has 8 nitrogen and oxygen atoms in total. The lowest BCUT2D eigenvalue weighted by atomic mass is 9.93. The average Bonchev–Trinajstić information content (AvgIpc) is 3.73. The van der Waals surface area contributed by atoms with Crippen LogP contribution in [-0.4, -0.2) is 37.6 Å². The summed E-state index contributed by atoms with van der Waals surface area (Å²) in [5.74, 6) is 6.56. The molecule has 3 fully saturated rings. The Hall–Kier alpha value is -2.65. The van der Waals surface area contributed by atoms with Gasteiger partial charge in [-0.15, -0.1) is 0 Å². The van der Waals surface area contributed by atoms with E-state index in [0.717, 1.165) is 30.6 Å². The summed E-state index contributed by atoms with van der Waals surface area (Å²) >= 11 is 0. The van der Waals surface area contributed by atoms with Crippen molar-refractivity contribution in [3.8, 4) is 5.75 Å². The third-order valence-electron chi connectivity index (χ3n) is 6.81. The fourth-order valence-corrected chi connectivity index (χ4v) is 4.41. The maximum Gasteiger partial charge on any atom is 0.243 e. The summed E-state index contributed by atoms with van der Waals surface area (Å²) in [7, 11) is 0. The van der Waals surface area contributed by atoms with Crippen molar-refractivity contribution in [1.29, 1.82) is 0 Å². The van der Waals surface area contributed by atoms with Gasteiger partial charge in [0.2, 0.25) is 11.8 Å². The van der Waals surface area contributed by atoms with Crippen LogP contribution in [0.2, 0.25) is 0 Å². The predicted molar refractivity (Wildman–Crippen MR) is 127 cm³/mol. The molecule has 186 valence electrons. The normalized spacial score (nSPS) is 21.7. The molecule has 3 aliphatic rings. The largest absolute Gasteiger partial charge is 0.490 e. The van der Waals surface area contributed by atoms with E-state index in [4.69, 9.17) is 10.6 Å². The fourth-order valence-electron chi connectivity index (χ4n) is 4.41. The van der Waals surface area contributed by atoms with E-state index >= 15 is 0 Å². The van der Waals surface area contributed by atoms with E-state index in [9.17, 15) is 14.0 Å². The zero-order valence-electron chi connectivity index (χ0n) is 19.6. The van der Waals surface area contributed by atoms with E-state index in [1.807, 2.05) is 12.1 Å². The molecule has 1 saturated heterocycles. The van der Waals surface area contributed by atoms with Gasteiger partial charge in [-0.05, 0) is 81.0 Å². The Morgan fingerprint density at radius 1 is 1.24 bits per heavy atom. The first-order valence-corrected chi connectivity index (χ1v) is 12.4. The number of allylic oxidation sites excluding steroid dienone is 1. The lowest BCUT2D eigenvalue weighted by Gasteiger charge is -2.23. The summed E-state index contributed by atoms with van der Waals surface area (Å²) in [5.41, 5.74) is 4.69. The number of halogens is 1. The van der Waals surface area contributed by atoms with Crippen molar-refractivity contribution in [2.75, 3.05) is 19.7 Å². The summed E-state index contributed by atoms with van der Waals surface area (Å²) < 4.78 is 20.0. The number of rotatable bonds is 14. The van der Waals surface area contributed by atoms with Crippen LogP contribution in [0.15, 0.2) is 30.1 Å². The highest BCUT2D eigenvalue weighted by Crippen LogP contribution is 2.43. The minimum atomic E-state index is -0.320. The Labute approximate surface area is 200 Å². The van der Waals surface area contributed by atoms with Gasteiger partial charge in [-0.3, -0.25) is 20.7 Å². The lowest BCUT2D eigenvalue weighted by Crippen LogP contribution is -2.50. The van der Waals surface area contributed by atoms with Gasteiger partial charge in [-0.2, -0.15) is 0 Å². The Balaban J connectivity index is 1.27. The number of benzene rings is 1. The molecule has 6 N–H and O–H groups in total. The zero-order chi connectivity index (χ0) is 23.9. The van der Waals surface area contributed by atoms with Crippen molar-refractivity contribution in [1.82, 2.24) is 21.4 Å². The first-order valence-electron chi connectivity index (χ1n) is 12.4. The third-order valence-corrected chi connectivity index (χ3v) is 6.81. The van der Waals surface area contributed by atoms with Gasteiger partial charge in [0.15, 0.2) is 11.6 Å². The molecule has 2 aliphatic carbocycles. The smallest absolute Gasteiger partial charge is 0.243 e. The molecule has 1 aliphatic heterocycles. The first-order chi connectivity index (χ1) is 16.5. The molecule has 0 radical (unpaired) electrons. The van der Waals surface area contributed by atoms with Crippen LogP contribution < -0.4 is 32.0 Å². The van der Waals surface area contributed by atoms with Crippen LogP contribution >= 0.6 is 0 Å². The number of amides is 2. The maximum atomic E-state index is 14.3. The second-order valence-corrected chi connectivity index (χ2v) is 9.67. The van der Waals surface area contributed by atoms with Crippen LogP contribution in [0.4, 0.5) is 4.39 Å². The van der Waals surface area contributed by atoms with Crippen molar-refractivity contribution in [3.05, 3.63) is 41.5 Å². The van der Waals surface area contributed by atoms with Crippen molar-refractivity contribution >= 4 is 11.8 Å². The number of imide groups is 1. The molecule has 4 rings (SSSR count). The van der Waals surface area contributed by atoms with Gasteiger partial charge in [0.25, 0.3) is 0 Å². The average molecular weight is 474 g/mol. The number of carbonyl (C=O) groups excluding carboxylic acids is 2. The number of nitrogens with one attached hydrogen (secondary N) is 4. The van der Waals surface area contributed by atoms with E-state index in [0.29, 0.717) is 43.6 Å². The van der Waals surface area contributed by atoms with Gasteiger partial charge < -0.3 is 20.8 Å². The van der Waals surface area contributed by atoms with Crippen molar-refractivity contribution < 1.29 is 18.7 Å². The summed E-state index contributed by atoms with van der Waals surface area (Å²) in [6, 6.07) is 4.95. The van der Waals surface area contributed by atoms with Gasteiger partial charge >= 0.3 is 0 Å². The van der Waals surface area contributed by atoms with Crippen LogP contribution in [-0.2, 0) is 9.59 Å². The number of hydrazine groups is 1. The quantitative estimate of drug-likeness (QED) is 0.122. The molecule has 0 aromatic heterocycles. The highest BCUT2D eigenvalue weighted by Gasteiger charge is 2.33. The number of hydrogen-bond acceptors (Lipinski definition) is 7. The minimum Gasteiger partial charge on any atom is -0.490 e. The monoisotopic (exact) mass is 473 g/mol. The van der Waals surface area contributed by atoms with E-state index in [2.05, 4.69) is 21.4 Å². The van der Waals surface area contributed by atoms with Gasteiger partial charge in [0, 0.05) is 30.8 Å². The third kappa shape index (κ3) is 7.17. The topological polar surface area (TPSA) is 118 Å². The fraction of sp³-hybridized carbons (Fsp3) is 0.600. The van der Waals surface area contributed by atoms with E-state index in [-0.39, 0.29) is 29.6 Å². The van der Waals surface area contributed by atoms with Crippen molar-refractivity contribution in [2.24, 2.45) is 17.7 Å². The molecule has 1 aromatic rings. The lowest BCUT2D eigenvalue weighted by molar-refractivity contribution is -0.134. The molecular formula is C25H36FN5O3. The summed E-state index contributed by atoms with van der Waals surface area (Å²) in [4.78, 5) is 23.1. The van der Waals surface area contributed by atoms with Gasteiger partial charge in [-0.1, -0.05) is 6.07 Å². The molecule has 2 amide bonds. The number of ether oxygens (including phenoxy) is 1. The molecule has 2 saturated carbocycles. The standard InChI is InChI=1S/C25H36FN5O3/c26-21-8-7-18(12-23(21)34-15-16-3-4-16)20(17-5-6-17)14-29-19(13-30-27)2-1-11-28-22-9-10-24(32)31-25(22)33/h7-8,12-13,16-17,20,22,28-30H,1-6,9-11,14-15,27H2,(H,31,32,33)/b19-13-. The van der Waals surface area contributed by atoms with Gasteiger partial charge in [0.05, 0.1) is 12.6 Å². The Morgan fingerprint density at radius 2 is 2.06 bits per heavy atom. The first kappa shape index (κ1) is 24.5. The zero-order valence-corrected chi connectivity index (χ0v) is 19.6. The minimum absolute atomic E-state index is 0.209. The van der Waals surface area contributed by atoms with Crippen molar-refractivity contribution in [2.45, 2.75) is 63.3 Å². The molecule has 1 aromatic carbocycles. The van der Waals surface area contributed by atoms with Crippen molar-refractivity contribution in [3.63, 3.8) is 0 Å². The molecule has 0 bridgehead atoms. The van der Waals surface area contributed by atoms with Crippen LogP contribution in [0.25, 0.3) is 0 Å². The second kappa shape index (κ2) is 11.7. The molecular weight excluding hydrogens is 437 g/mol. The molecule has 34 heavy (non-hydrogen) atoms. The van der Waals surface area contributed by atoms with E-state index in [1.165, 1.54) is 31.7 Å². The molecule has 1 heterocycles.